The first kappa shape index (κ1) is 13.1. The molecule has 1 aromatic heterocycles. The lowest BCUT2D eigenvalue weighted by molar-refractivity contribution is -0.124. The Labute approximate surface area is 106 Å². The number of furan rings is 1. The summed E-state index contributed by atoms with van der Waals surface area (Å²) in [5, 5.41) is 2.69. The van der Waals surface area contributed by atoms with E-state index in [2.05, 4.69) is 5.32 Å². The molecule has 1 unspecified atom stereocenters. The van der Waals surface area contributed by atoms with Crippen LogP contribution in [0.15, 0.2) is 22.8 Å². The molecule has 1 N–H and O–H groups in total. The summed E-state index contributed by atoms with van der Waals surface area (Å²) >= 11 is 0. The Balaban J connectivity index is 1.96. The van der Waals surface area contributed by atoms with Gasteiger partial charge in [0, 0.05) is 6.54 Å². The first-order valence-corrected chi connectivity index (χ1v) is 7.60. The van der Waals surface area contributed by atoms with E-state index in [1.54, 1.807) is 12.1 Å². The minimum Gasteiger partial charge on any atom is -0.467 e. The summed E-state index contributed by atoms with van der Waals surface area (Å²) in [5.74, 6) is 0.376. The van der Waals surface area contributed by atoms with Crippen molar-refractivity contribution in [1.82, 2.24) is 9.62 Å². The molecule has 1 fully saturated rings. The number of sulfonamides is 1. The van der Waals surface area contributed by atoms with Crippen LogP contribution in [0.1, 0.15) is 18.6 Å². The van der Waals surface area contributed by atoms with Crippen LogP contribution < -0.4 is 5.32 Å². The van der Waals surface area contributed by atoms with Crippen molar-refractivity contribution < 1.29 is 17.6 Å². The SMILES string of the molecule is CS(=O)(=O)N1CCCC1C(=O)NCc1ccco1. The molecule has 1 aromatic rings. The van der Waals surface area contributed by atoms with Crippen molar-refractivity contribution in [2.45, 2.75) is 25.4 Å². The standard InChI is InChI=1S/C11H16N2O4S/c1-18(15,16)13-6-2-5-10(13)11(14)12-8-9-4-3-7-17-9/h3-4,7,10H,2,5-6,8H2,1H3,(H,12,14). The van der Waals surface area contributed by atoms with Crippen molar-refractivity contribution in [1.29, 1.82) is 0 Å². The normalized spacial score (nSPS) is 21.1. The average molecular weight is 272 g/mol. The van der Waals surface area contributed by atoms with Gasteiger partial charge in [0.15, 0.2) is 0 Å². The Bertz CT molecular complexity index is 509. The summed E-state index contributed by atoms with van der Waals surface area (Å²) in [6.45, 7) is 0.692. The fraction of sp³-hybridized carbons (Fsp3) is 0.545. The Morgan fingerprint density at radius 1 is 1.61 bits per heavy atom. The second kappa shape index (κ2) is 5.11. The van der Waals surface area contributed by atoms with Crippen LogP contribution >= 0.6 is 0 Å². The molecule has 2 rings (SSSR count). The summed E-state index contributed by atoms with van der Waals surface area (Å²) in [6.07, 6.45) is 3.94. The number of carbonyl (C=O) groups is 1. The molecular weight excluding hydrogens is 256 g/mol. The molecule has 1 aliphatic rings. The number of nitrogens with one attached hydrogen (secondary N) is 1. The van der Waals surface area contributed by atoms with Crippen molar-refractivity contribution in [2.75, 3.05) is 12.8 Å². The van der Waals surface area contributed by atoms with Crippen LogP contribution in [0.2, 0.25) is 0 Å². The molecule has 1 saturated heterocycles. The van der Waals surface area contributed by atoms with Gasteiger partial charge in [-0.3, -0.25) is 4.79 Å². The molecule has 0 saturated carbocycles. The van der Waals surface area contributed by atoms with Gasteiger partial charge in [0.1, 0.15) is 11.8 Å². The zero-order valence-corrected chi connectivity index (χ0v) is 10.9. The molecule has 0 aromatic carbocycles. The van der Waals surface area contributed by atoms with Gasteiger partial charge in [-0.25, -0.2) is 8.42 Å². The van der Waals surface area contributed by atoms with Crippen molar-refractivity contribution in [3.63, 3.8) is 0 Å². The Kier molecular flexibility index (Phi) is 3.72. The van der Waals surface area contributed by atoms with Gasteiger partial charge in [-0.05, 0) is 25.0 Å². The van der Waals surface area contributed by atoms with Crippen molar-refractivity contribution >= 4 is 15.9 Å². The molecule has 1 atom stereocenters. The molecule has 1 amide bonds. The van der Waals surface area contributed by atoms with Crippen molar-refractivity contribution in [2.24, 2.45) is 0 Å². The fourth-order valence-electron chi connectivity index (χ4n) is 2.10. The third-order valence-corrected chi connectivity index (χ3v) is 4.24. The maximum atomic E-state index is 11.9. The highest BCUT2D eigenvalue weighted by Gasteiger charge is 2.36. The molecule has 0 spiro atoms. The molecule has 18 heavy (non-hydrogen) atoms. The number of hydrogen-bond donors (Lipinski definition) is 1. The Morgan fingerprint density at radius 3 is 3.00 bits per heavy atom. The predicted octanol–water partition coefficient (Wildman–Crippen LogP) is 0.320. The van der Waals surface area contributed by atoms with Gasteiger partial charge in [0.05, 0.1) is 19.1 Å². The summed E-state index contributed by atoms with van der Waals surface area (Å²) in [5.41, 5.74) is 0. The van der Waals surface area contributed by atoms with Gasteiger partial charge in [0.2, 0.25) is 15.9 Å². The molecule has 0 bridgehead atoms. The first-order valence-electron chi connectivity index (χ1n) is 5.75. The van der Waals surface area contributed by atoms with Gasteiger partial charge in [-0.1, -0.05) is 0 Å². The van der Waals surface area contributed by atoms with Gasteiger partial charge >= 0.3 is 0 Å². The van der Waals surface area contributed by atoms with E-state index >= 15 is 0 Å². The number of carbonyl (C=O) groups excluding carboxylic acids is 1. The van der Waals surface area contributed by atoms with Crippen LogP contribution in [0.5, 0.6) is 0 Å². The molecule has 2 heterocycles. The summed E-state index contributed by atoms with van der Waals surface area (Å²) in [7, 11) is -3.32. The minimum atomic E-state index is -3.32. The highest BCUT2D eigenvalue weighted by atomic mass is 32.2. The van der Waals surface area contributed by atoms with Crippen LogP contribution in [0.3, 0.4) is 0 Å². The molecule has 7 heteroatoms. The zero-order chi connectivity index (χ0) is 13.2. The van der Waals surface area contributed by atoms with E-state index in [1.807, 2.05) is 0 Å². The summed E-state index contributed by atoms with van der Waals surface area (Å²) in [4.78, 5) is 11.9. The van der Waals surface area contributed by atoms with E-state index in [1.165, 1.54) is 10.6 Å². The molecule has 6 nitrogen and oxygen atoms in total. The van der Waals surface area contributed by atoms with Crippen LogP contribution in [0.25, 0.3) is 0 Å². The van der Waals surface area contributed by atoms with Crippen LogP contribution in [0, 0.1) is 0 Å². The van der Waals surface area contributed by atoms with Gasteiger partial charge in [0.25, 0.3) is 0 Å². The topological polar surface area (TPSA) is 79.6 Å². The van der Waals surface area contributed by atoms with Gasteiger partial charge in [-0.2, -0.15) is 4.31 Å². The Hall–Kier alpha value is -1.34. The minimum absolute atomic E-state index is 0.269. The zero-order valence-electron chi connectivity index (χ0n) is 10.1. The van der Waals surface area contributed by atoms with E-state index < -0.39 is 16.1 Å². The lowest BCUT2D eigenvalue weighted by atomic mass is 10.2. The Morgan fingerprint density at radius 2 is 2.39 bits per heavy atom. The van der Waals surface area contributed by atoms with Gasteiger partial charge in [-0.15, -0.1) is 0 Å². The highest BCUT2D eigenvalue weighted by Crippen LogP contribution is 2.20. The van der Waals surface area contributed by atoms with Crippen LogP contribution in [0.4, 0.5) is 0 Å². The predicted molar refractivity (Wildman–Crippen MR) is 65.1 cm³/mol. The smallest absolute Gasteiger partial charge is 0.238 e. The number of amides is 1. The lowest BCUT2D eigenvalue weighted by Gasteiger charge is -2.20. The van der Waals surface area contributed by atoms with Gasteiger partial charge < -0.3 is 9.73 Å². The number of nitrogens with zero attached hydrogens (tertiary/aromatic N) is 1. The quantitative estimate of drug-likeness (QED) is 0.856. The maximum absolute atomic E-state index is 11.9. The lowest BCUT2D eigenvalue weighted by Crippen LogP contribution is -2.45. The third kappa shape index (κ3) is 2.91. The monoisotopic (exact) mass is 272 g/mol. The second-order valence-electron chi connectivity index (χ2n) is 4.33. The maximum Gasteiger partial charge on any atom is 0.238 e. The summed E-state index contributed by atoms with van der Waals surface area (Å²) in [6, 6.07) is 2.90. The number of hydrogen-bond acceptors (Lipinski definition) is 4. The van der Waals surface area contributed by atoms with E-state index in [9.17, 15) is 13.2 Å². The van der Waals surface area contributed by atoms with E-state index in [4.69, 9.17) is 4.42 Å². The number of rotatable bonds is 4. The highest BCUT2D eigenvalue weighted by molar-refractivity contribution is 7.88. The largest absolute Gasteiger partial charge is 0.467 e. The first-order chi connectivity index (χ1) is 8.48. The van der Waals surface area contributed by atoms with E-state index in [0.717, 1.165) is 6.26 Å². The van der Waals surface area contributed by atoms with Crippen molar-refractivity contribution in [3.8, 4) is 0 Å². The molecule has 1 aliphatic heterocycles. The van der Waals surface area contributed by atoms with Crippen LogP contribution in [-0.2, 0) is 21.4 Å². The average Bonchev–Trinajstić information content (AvgIpc) is 2.95. The van der Waals surface area contributed by atoms with Crippen molar-refractivity contribution in [3.05, 3.63) is 24.2 Å². The molecular formula is C11H16N2O4S. The molecule has 100 valence electrons. The third-order valence-electron chi connectivity index (χ3n) is 2.95. The molecule has 0 radical (unpaired) electrons. The molecule has 0 aliphatic carbocycles. The van der Waals surface area contributed by atoms with E-state index in [-0.39, 0.29) is 12.5 Å². The fourth-order valence-corrected chi connectivity index (χ4v) is 3.23. The van der Waals surface area contributed by atoms with Crippen LogP contribution in [-0.4, -0.2) is 37.5 Å². The summed E-state index contributed by atoms with van der Waals surface area (Å²) < 4.78 is 29.4. The second-order valence-corrected chi connectivity index (χ2v) is 6.26. The van der Waals surface area contributed by atoms with E-state index in [0.29, 0.717) is 25.1 Å².